The van der Waals surface area contributed by atoms with Crippen LogP contribution in [0.4, 0.5) is 10.1 Å². The van der Waals surface area contributed by atoms with E-state index in [-0.39, 0.29) is 10.9 Å². The number of aromatic nitrogens is 1. The average Bonchev–Trinajstić information content (AvgIpc) is 2.41. The van der Waals surface area contributed by atoms with Gasteiger partial charge < -0.3 is 0 Å². The molecule has 0 aliphatic heterocycles. The largest absolute Gasteiger partial charge is 0.290 e. The first kappa shape index (κ1) is 13.7. The van der Waals surface area contributed by atoms with Crippen LogP contribution in [-0.2, 0) is 0 Å². The van der Waals surface area contributed by atoms with Crippen molar-refractivity contribution in [2.45, 2.75) is 0 Å². The number of nitrogens with one attached hydrogen (secondary N) is 1. The zero-order valence-corrected chi connectivity index (χ0v) is 11.0. The average molecular weight is 300 g/mol. The molecular weight excluding hydrogens is 292 g/mol. The van der Waals surface area contributed by atoms with Crippen LogP contribution in [0.5, 0.6) is 0 Å². The Balaban J connectivity index is 2.37. The Bertz CT molecular complexity index is 617. The number of amidine groups is 1. The maximum atomic E-state index is 13.0. The van der Waals surface area contributed by atoms with Gasteiger partial charge in [-0.15, -0.1) is 0 Å². The van der Waals surface area contributed by atoms with Crippen LogP contribution in [0.3, 0.4) is 0 Å². The van der Waals surface area contributed by atoms with Gasteiger partial charge in [0.2, 0.25) is 0 Å². The van der Waals surface area contributed by atoms with Crippen LogP contribution in [0.1, 0.15) is 5.69 Å². The molecule has 4 nitrogen and oxygen atoms in total. The van der Waals surface area contributed by atoms with Gasteiger partial charge in [-0.1, -0.05) is 23.2 Å². The summed E-state index contributed by atoms with van der Waals surface area (Å²) in [5, 5.41) is 9.48. The lowest BCUT2D eigenvalue weighted by molar-refractivity contribution is 0.235. The number of halogens is 3. The van der Waals surface area contributed by atoms with Gasteiger partial charge in [0, 0.05) is 6.20 Å². The highest BCUT2D eigenvalue weighted by Crippen LogP contribution is 2.22. The van der Waals surface area contributed by atoms with Gasteiger partial charge in [0.05, 0.1) is 15.7 Å². The molecule has 1 heterocycles. The van der Waals surface area contributed by atoms with Crippen molar-refractivity contribution in [1.82, 2.24) is 10.5 Å². The smallest absolute Gasteiger partial charge is 0.176 e. The summed E-state index contributed by atoms with van der Waals surface area (Å²) in [6.07, 6.45) is 1.42. The minimum Gasteiger partial charge on any atom is -0.290 e. The summed E-state index contributed by atoms with van der Waals surface area (Å²) < 4.78 is 13.0. The van der Waals surface area contributed by atoms with Gasteiger partial charge in [-0.05, 0) is 30.3 Å². The van der Waals surface area contributed by atoms with Crippen LogP contribution in [0.2, 0.25) is 10.0 Å². The summed E-state index contributed by atoms with van der Waals surface area (Å²) >= 11 is 11.4. The van der Waals surface area contributed by atoms with Crippen molar-refractivity contribution in [2.24, 2.45) is 4.99 Å². The molecule has 0 radical (unpaired) electrons. The van der Waals surface area contributed by atoms with Crippen LogP contribution < -0.4 is 5.48 Å². The maximum Gasteiger partial charge on any atom is 0.176 e. The number of hydroxylamine groups is 1. The summed E-state index contributed by atoms with van der Waals surface area (Å²) in [7, 11) is 0. The number of nitrogens with zero attached hydrogens (tertiary/aromatic N) is 2. The van der Waals surface area contributed by atoms with Crippen molar-refractivity contribution in [1.29, 1.82) is 0 Å². The first-order valence-corrected chi connectivity index (χ1v) is 5.91. The van der Waals surface area contributed by atoms with Gasteiger partial charge >= 0.3 is 0 Å². The van der Waals surface area contributed by atoms with E-state index in [0.717, 1.165) is 0 Å². The monoisotopic (exact) mass is 299 g/mol. The first-order valence-electron chi connectivity index (χ1n) is 5.16. The Morgan fingerprint density at radius 2 is 2.05 bits per heavy atom. The molecule has 0 saturated carbocycles. The molecule has 0 amide bonds. The summed E-state index contributed by atoms with van der Waals surface area (Å²) in [5.74, 6) is -0.442. The summed E-state index contributed by atoms with van der Waals surface area (Å²) in [4.78, 5) is 8.07. The van der Waals surface area contributed by atoms with Crippen LogP contribution >= 0.6 is 23.2 Å². The van der Waals surface area contributed by atoms with Crippen molar-refractivity contribution in [3.8, 4) is 0 Å². The molecule has 1 aromatic carbocycles. The van der Waals surface area contributed by atoms with Gasteiger partial charge in [0.1, 0.15) is 11.5 Å². The maximum absolute atomic E-state index is 13.0. The highest BCUT2D eigenvalue weighted by atomic mass is 35.5. The lowest BCUT2D eigenvalue weighted by Crippen LogP contribution is -2.21. The number of aliphatic imine (C=N–C) groups is 1. The zero-order valence-electron chi connectivity index (χ0n) is 9.44. The number of pyridine rings is 1. The minimum atomic E-state index is -0.538. The second-order valence-corrected chi connectivity index (χ2v) is 4.38. The van der Waals surface area contributed by atoms with Crippen LogP contribution in [0.25, 0.3) is 0 Å². The predicted octanol–water partition coefficient (Wildman–Crippen LogP) is 3.58. The van der Waals surface area contributed by atoms with Gasteiger partial charge in [-0.2, -0.15) is 0 Å². The van der Waals surface area contributed by atoms with E-state index in [0.29, 0.717) is 16.4 Å². The van der Waals surface area contributed by atoms with Gasteiger partial charge in [0.15, 0.2) is 5.84 Å². The fourth-order valence-electron chi connectivity index (χ4n) is 1.34. The van der Waals surface area contributed by atoms with E-state index in [2.05, 4.69) is 9.98 Å². The third kappa shape index (κ3) is 3.41. The molecule has 98 valence electrons. The molecule has 0 fully saturated rings. The Morgan fingerprint density at radius 1 is 1.26 bits per heavy atom. The fraction of sp³-hybridized carbons (Fsp3) is 0. The highest BCUT2D eigenvalue weighted by molar-refractivity contribution is 6.31. The molecule has 0 aliphatic carbocycles. The minimum absolute atomic E-state index is 0.0531. The number of hydrogen-bond acceptors (Lipinski definition) is 3. The van der Waals surface area contributed by atoms with Crippen molar-refractivity contribution < 1.29 is 9.60 Å². The molecule has 0 bridgehead atoms. The van der Waals surface area contributed by atoms with E-state index in [1.165, 1.54) is 24.4 Å². The van der Waals surface area contributed by atoms with Crippen molar-refractivity contribution >= 4 is 34.7 Å². The van der Waals surface area contributed by atoms with E-state index in [1.807, 2.05) is 5.48 Å². The lowest BCUT2D eigenvalue weighted by Gasteiger charge is -2.04. The molecule has 7 heteroatoms. The van der Waals surface area contributed by atoms with Crippen LogP contribution in [0, 0.1) is 5.82 Å². The molecule has 0 aliphatic rings. The summed E-state index contributed by atoms with van der Waals surface area (Å²) in [6, 6.07) is 7.13. The number of hydrogen-bond donors (Lipinski definition) is 2. The van der Waals surface area contributed by atoms with E-state index in [4.69, 9.17) is 28.4 Å². The molecule has 2 aromatic rings. The topological polar surface area (TPSA) is 57.5 Å². The predicted molar refractivity (Wildman–Crippen MR) is 71.8 cm³/mol. The van der Waals surface area contributed by atoms with Gasteiger partial charge in [0.25, 0.3) is 0 Å². The molecule has 0 saturated heterocycles. The normalized spacial score (nSPS) is 11.5. The number of rotatable bonds is 2. The molecule has 0 spiro atoms. The molecule has 19 heavy (non-hydrogen) atoms. The highest BCUT2D eigenvalue weighted by Gasteiger charge is 2.06. The molecule has 2 rings (SSSR count). The van der Waals surface area contributed by atoms with E-state index < -0.39 is 5.82 Å². The Morgan fingerprint density at radius 3 is 2.63 bits per heavy atom. The fourth-order valence-corrected chi connectivity index (χ4v) is 1.63. The van der Waals surface area contributed by atoms with Crippen molar-refractivity contribution in [2.75, 3.05) is 0 Å². The number of benzene rings is 1. The Kier molecular flexibility index (Phi) is 4.31. The van der Waals surface area contributed by atoms with E-state index >= 15 is 0 Å². The third-order valence-electron chi connectivity index (χ3n) is 2.22. The van der Waals surface area contributed by atoms with E-state index in [9.17, 15) is 4.39 Å². The Hall–Kier alpha value is -1.69. The van der Waals surface area contributed by atoms with Crippen LogP contribution in [-0.4, -0.2) is 16.0 Å². The molecular formula is C12H8Cl2FN3O. The van der Waals surface area contributed by atoms with Crippen molar-refractivity contribution in [3.05, 3.63) is 58.1 Å². The quantitative estimate of drug-likeness (QED) is 0.506. The van der Waals surface area contributed by atoms with Crippen molar-refractivity contribution in [3.63, 3.8) is 0 Å². The summed E-state index contributed by atoms with van der Waals surface area (Å²) in [6.45, 7) is 0. The lowest BCUT2D eigenvalue weighted by atomic mass is 10.3. The second-order valence-electron chi connectivity index (χ2n) is 3.53. The van der Waals surface area contributed by atoms with Gasteiger partial charge in [-0.3, -0.25) is 15.7 Å². The van der Waals surface area contributed by atoms with Crippen LogP contribution in [0.15, 0.2) is 41.5 Å². The summed E-state index contributed by atoms with van der Waals surface area (Å²) in [5.41, 5.74) is 2.68. The standard InChI is InChI=1S/C12H8Cl2FN3O/c13-7-1-4-11(16-6-7)12(18-19)17-8-2-3-10(15)9(14)5-8/h1-6,19H,(H,17,18). The SMILES string of the molecule is ONC(=Nc1ccc(F)c(Cl)c1)c1ccc(Cl)cn1. The second kappa shape index (κ2) is 5.97. The van der Waals surface area contributed by atoms with E-state index in [1.54, 1.807) is 12.1 Å². The molecule has 0 unspecified atom stereocenters. The molecule has 2 N–H and O–H groups in total. The molecule has 1 aromatic heterocycles. The third-order valence-corrected chi connectivity index (χ3v) is 2.73. The molecule has 0 atom stereocenters. The Labute approximate surface area is 118 Å². The zero-order chi connectivity index (χ0) is 13.8. The first-order chi connectivity index (χ1) is 9.10. The van der Waals surface area contributed by atoms with Gasteiger partial charge in [-0.25, -0.2) is 9.38 Å².